The van der Waals surface area contributed by atoms with Crippen LogP contribution in [0.15, 0.2) is 84.0 Å². The summed E-state index contributed by atoms with van der Waals surface area (Å²) in [6, 6.07) is 27.7. The smallest absolute Gasteiger partial charge is 0.185 e. The number of para-hydroxylation sites is 1. The molecule has 2 aliphatic rings. The maximum absolute atomic E-state index is 6.03. The second-order valence-electron chi connectivity index (χ2n) is 6.84. The van der Waals surface area contributed by atoms with Gasteiger partial charge >= 0.3 is 0 Å². The molecule has 0 aliphatic carbocycles. The highest BCUT2D eigenvalue weighted by molar-refractivity contribution is 6.02. The van der Waals surface area contributed by atoms with Crippen molar-refractivity contribution < 1.29 is 4.74 Å². The Hall–Kier alpha value is -3.07. The molecule has 26 heavy (non-hydrogen) atoms. The second kappa shape index (κ2) is 6.03. The summed E-state index contributed by atoms with van der Waals surface area (Å²) in [6.45, 7) is 2.06. The van der Waals surface area contributed by atoms with E-state index < -0.39 is 0 Å². The first kappa shape index (κ1) is 15.2. The molecule has 0 saturated heterocycles. The number of ether oxygens (including phenoxy) is 1. The maximum atomic E-state index is 6.03. The van der Waals surface area contributed by atoms with E-state index in [-0.39, 0.29) is 12.3 Å². The predicted octanol–water partition coefficient (Wildman–Crippen LogP) is 5.24. The lowest BCUT2D eigenvalue weighted by atomic mass is 9.95. The highest BCUT2D eigenvalue weighted by atomic mass is 16.5. The van der Waals surface area contributed by atoms with Crippen LogP contribution in [0.2, 0.25) is 0 Å². The molecular formula is C23H20N2O. The number of hydrogen-bond donors (Lipinski definition) is 0. The van der Waals surface area contributed by atoms with Crippen LogP contribution >= 0.6 is 0 Å². The van der Waals surface area contributed by atoms with Gasteiger partial charge in [-0.1, -0.05) is 72.8 Å². The Labute approximate surface area is 153 Å². The Kier molecular flexibility index (Phi) is 3.52. The average molecular weight is 340 g/mol. The summed E-state index contributed by atoms with van der Waals surface area (Å²) >= 11 is 0. The maximum Gasteiger partial charge on any atom is 0.185 e. The minimum Gasteiger partial charge on any atom is -0.469 e. The molecule has 5 rings (SSSR count). The van der Waals surface area contributed by atoms with E-state index in [0.29, 0.717) is 0 Å². The molecule has 2 atom stereocenters. The molecule has 0 saturated carbocycles. The summed E-state index contributed by atoms with van der Waals surface area (Å²) in [5.74, 6) is 0.983. The fourth-order valence-corrected chi connectivity index (χ4v) is 3.88. The summed E-state index contributed by atoms with van der Waals surface area (Å²) in [6.07, 6.45) is 0.867. The highest BCUT2D eigenvalue weighted by Gasteiger charge is 2.37. The van der Waals surface area contributed by atoms with E-state index in [4.69, 9.17) is 9.84 Å². The van der Waals surface area contributed by atoms with E-state index in [1.54, 1.807) is 0 Å². The molecule has 0 radical (unpaired) electrons. The molecule has 2 unspecified atom stereocenters. The van der Waals surface area contributed by atoms with Crippen molar-refractivity contribution in [1.29, 1.82) is 0 Å². The number of nitrogens with zero attached hydrogens (tertiary/aromatic N) is 2. The van der Waals surface area contributed by atoms with Gasteiger partial charge in [-0.05, 0) is 29.7 Å². The van der Waals surface area contributed by atoms with E-state index >= 15 is 0 Å². The van der Waals surface area contributed by atoms with Crippen LogP contribution in [0.25, 0.3) is 11.1 Å². The molecule has 0 N–H and O–H groups in total. The number of hydrogen-bond acceptors (Lipinski definition) is 3. The van der Waals surface area contributed by atoms with Crippen LogP contribution in [0.4, 0.5) is 0 Å². The van der Waals surface area contributed by atoms with Crippen LogP contribution in [0.1, 0.15) is 30.5 Å². The van der Waals surface area contributed by atoms with Crippen LogP contribution in [-0.4, -0.2) is 16.9 Å². The van der Waals surface area contributed by atoms with Crippen molar-refractivity contribution >= 4 is 5.71 Å². The molecule has 0 amide bonds. The minimum absolute atomic E-state index is 0.0454. The van der Waals surface area contributed by atoms with Gasteiger partial charge in [0, 0.05) is 12.0 Å². The quantitative estimate of drug-likeness (QED) is 0.637. The highest BCUT2D eigenvalue weighted by Crippen LogP contribution is 2.42. The van der Waals surface area contributed by atoms with Crippen LogP contribution in [0, 0.1) is 0 Å². The molecule has 2 aliphatic heterocycles. The van der Waals surface area contributed by atoms with Crippen molar-refractivity contribution in [3.05, 3.63) is 90.0 Å². The van der Waals surface area contributed by atoms with E-state index in [2.05, 4.69) is 78.7 Å². The van der Waals surface area contributed by atoms with Gasteiger partial charge in [0.05, 0.1) is 11.8 Å². The monoisotopic (exact) mass is 340 g/mol. The van der Waals surface area contributed by atoms with Crippen LogP contribution in [-0.2, 0) is 0 Å². The second-order valence-corrected chi connectivity index (χ2v) is 6.84. The van der Waals surface area contributed by atoms with Crippen LogP contribution in [0.3, 0.4) is 0 Å². The minimum atomic E-state index is -0.0454. The van der Waals surface area contributed by atoms with Crippen LogP contribution < -0.4 is 4.74 Å². The lowest BCUT2D eigenvalue weighted by molar-refractivity contribution is -0.00334. The number of rotatable bonds is 2. The lowest BCUT2D eigenvalue weighted by Gasteiger charge is -2.36. The van der Waals surface area contributed by atoms with E-state index in [0.717, 1.165) is 17.9 Å². The topological polar surface area (TPSA) is 24.8 Å². The SMILES string of the molecule is CC1Oc2ccccc2C2CC(c3ccc(-c4ccccc4)cc3)=NN12. The Balaban J connectivity index is 1.45. The normalized spacial score (nSPS) is 20.8. The van der Waals surface area contributed by atoms with Crippen molar-refractivity contribution in [2.75, 3.05) is 0 Å². The molecule has 3 aromatic carbocycles. The third-order valence-corrected chi connectivity index (χ3v) is 5.22. The van der Waals surface area contributed by atoms with E-state index in [9.17, 15) is 0 Å². The van der Waals surface area contributed by atoms with Crippen LogP contribution in [0.5, 0.6) is 5.75 Å². The zero-order valence-electron chi connectivity index (χ0n) is 14.7. The van der Waals surface area contributed by atoms with Gasteiger partial charge in [-0.15, -0.1) is 0 Å². The molecule has 3 heteroatoms. The van der Waals surface area contributed by atoms with Gasteiger partial charge in [0.25, 0.3) is 0 Å². The Morgan fingerprint density at radius 3 is 2.27 bits per heavy atom. The standard InChI is InChI=1S/C23H20N2O/c1-16-25-22(20-9-5-6-10-23(20)26-16)15-21(24-25)19-13-11-18(12-14-19)17-7-3-2-4-8-17/h2-14,16,22H,15H2,1H3. The Bertz CT molecular complexity index is 963. The lowest BCUT2D eigenvalue weighted by Crippen LogP contribution is -2.37. The van der Waals surface area contributed by atoms with Gasteiger partial charge in [0.1, 0.15) is 5.75 Å². The van der Waals surface area contributed by atoms with Crippen molar-refractivity contribution in [3.63, 3.8) is 0 Å². The van der Waals surface area contributed by atoms with Gasteiger partial charge in [-0.2, -0.15) is 5.10 Å². The molecule has 0 bridgehead atoms. The summed E-state index contributed by atoms with van der Waals surface area (Å²) in [4.78, 5) is 0. The molecule has 0 fully saturated rings. The van der Waals surface area contributed by atoms with Gasteiger partial charge in [0.15, 0.2) is 6.23 Å². The Morgan fingerprint density at radius 1 is 0.808 bits per heavy atom. The molecule has 3 nitrogen and oxygen atoms in total. The van der Waals surface area contributed by atoms with Gasteiger partial charge in [-0.25, -0.2) is 0 Å². The third kappa shape index (κ3) is 2.48. The fourth-order valence-electron chi connectivity index (χ4n) is 3.88. The third-order valence-electron chi connectivity index (χ3n) is 5.22. The number of fused-ring (bicyclic) bond motifs is 3. The van der Waals surface area contributed by atoms with E-state index in [1.807, 2.05) is 12.1 Å². The summed E-state index contributed by atoms with van der Waals surface area (Å²) in [7, 11) is 0. The fraction of sp³-hybridized carbons (Fsp3) is 0.174. The first-order valence-electron chi connectivity index (χ1n) is 9.07. The summed E-state index contributed by atoms with van der Waals surface area (Å²) in [5, 5.41) is 6.99. The number of benzene rings is 3. The predicted molar refractivity (Wildman–Crippen MR) is 104 cm³/mol. The largest absolute Gasteiger partial charge is 0.469 e. The van der Waals surface area contributed by atoms with E-state index in [1.165, 1.54) is 22.3 Å². The van der Waals surface area contributed by atoms with Crippen molar-refractivity contribution in [1.82, 2.24) is 5.01 Å². The first-order chi connectivity index (χ1) is 12.8. The zero-order chi connectivity index (χ0) is 17.5. The van der Waals surface area contributed by atoms with Gasteiger partial charge in [-0.3, -0.25) is 5.01 Å². The molecule has 128 valence electrons. The molecular weight excluding hydrogens is 320 g/mol. The summed E-state index contributed by atoms with van der Waals surface area (Å²) in [5.41, 5.74) is 6.00. The van der Waals surface area contributed by atoms with Crippen molar-refractivity contribution in [2.24, 2.45) is 5.10 Å². The zero-order valence-corrected chi connectivity index (χ0v) is 14.7. The average Bonchev–Trinajstić information content (AvgIpc) is 3.15. The van der Waals surface area contributed by atoms with Gasteiger partial charge < -0.3 is 4.74 Å². The molecule has 2 heterocycles. The Morgan fingerprint density at radius 2 is 1.46 bits per heavy atom. The summed E-state index contributed by atoms with van der Waals surface area (Å²) < 4.78 is 6.03. The van der Waals surface area contributed by atoms with Gasteiger partial charge in [0.2, 0.25) is 0 Å². The molecule has 0 spiro atoms. The molecule has 0 aromatic heterocycles. The molecule has 3 aromatic rings. The first-order valence-corrected chi connectivity index (χ1v) is 9.07. The number of hydrazone groups is 1. The van der Waals surface area contributed by atoms with Crippen molar-refractivity contribution in [3.8, 4) is 16.9 Å². The van der Waals surface area contributed by atoms with Crippen molar-refractivity contribution in [2.45, 2.75) is 25.6 Å².